The Morgan fingerprint density at radius 2 is 1.54 bits per heavy atom. The van der Waals surface area contributed by atoms with Gasteiger partial charge in [-0.15, -0.1) is 0 Å². The van der Waals surface area contributed by atoms with Crippen molar-refractivity contribution in [3.63, 3.8) is 0 Å². The fourth-order valence-electron chi connectivity index (χ4n) is 2.08. The summed E-state index contributed by atoms with van der Waals surface area (Å²) in [7, 11) is 0. The van der Waals surface area contributed by atoms with Gasteiger partial charge in [0, 0.05) is 5.02 Å². The highest BCUT2D eigenvalue weighted by Crippen LogP contribution is 2.29. The maximum absolute atomic E-state index is 11.8. The van der Waals surface area contributed by atoms with Crippen LogP contribution in [0.3, 0.4) is 0 Å². The molecule has 0 unspecified atom stereocenters. The van der Waals surface area contributed by atoms with E-state index in [1.807, 2.05) is 12.1 Å². The van der Waals surface area contributed by atoms with Crippen LogP contribution >= 0.6 is 39.1 Å². The third kappa shape index (κ3) is 6.89. The first kappa shape index (κ1) is 22.3. The number of rotatable bonds is 7. The van der Waals surface area contributed by atoms with Crippen LogP contribution in [-0.4, -0.2) is 25.0 Å². The van der Waals surface area contributed by atoms with Crippen LogP contribution in [-0.2, 0) is 9.59 Å². The Balaban J connectivity index is 1.74. The largest absolute Gasteiger partial charge is 0.483 e. The first-order chi connectivity index (χ1) is 13.3. The number of halogens is 3. The molecule has 0 bridgehead atoms. The van der Waals surface area contributed by atoms with Gasteiger partial charge < -0.3 is 9.47 Å². The van der Waals surface area contributed by atoms with E-state index in [1.54, 1.807) is 18.2 Å². The molecule has 150 valence electrons. The van der Waals surface area contributed by atoms with Gasteiger partial charge in [-0.2, -0.15) is 0 Å². The molecule has 2 rings (SSSR count). The minimum absolute atomic E-state index is 0.260. The molecule has 0 fully saturated rings. The van der Waals surface area contributed by atoms with Gasteiger partial charge in [0.05, 0.1) is 9.50 Å². The molecule has 2 N–H and O–H groups in total. The second-order valence-electron chi connectivity index (χ2n) is 6.09. The van der Waals surface area contributed by atoms with E-state index in [4.69, 9.17) is 32.7 Å². The number of ether oxygens (including phenoxy) is 2. The Morgan fingerprint density at radius 1 is 0.964 bits per heavy atom. The second kappa shape index (κ2) is 10.5. The third-order valence-electron chi connectivity index (χ3n) is 3.58. The number of hydrogen-bond acceptors (Lipinski definition) is 4. The van der Waals surface area contributed by atoms with Crippen molar-refractivity contribution in [3.8, 4) is 11.5 Å². The minimum Gasteiger partial charge on any atom is -0.483 e. The summed E-state index contributed by atoms with van der Waals surface area (Å²) in [5.74, 6) is 0.158. The van der Waals surface area contributed by atoms with Gasteiger partial charge in [0.2, 0.25) is 0 Å². The van der Waals surface area contributed by atoms with Crippen molar-refractivity contribution in [3.05, 3.63) is 56.5 Å². The monoisotopic (exact) mass is 488 g/mol. The Labute approximate surface area is 181 Å². The lowest BCUT2D eigenvalue weighted by atomic mass is 10.0. The number of benzene rings is 2. The molecule has 0 aliphatic rings. The summed E-state index contributed by atoms with van der Waals surface area (Å²) in [6.07, 6.45) is 0. The van der Waals surface area contributed by atoms with Crippen LogP contribution in [0.15, 0.2) is 40.9 Å². The first-order valence-electron chi connectivity index (χ1n) is 8.34. The van der Waals surface area contributed by atoms with Gasteiger partial charge in [-0.05, 0) is 57.7 Å². The predicted molar refractivity (Wildman–Crippen MR) is 112 cm³/mol. The second-order valence-corrected chi connectivity index (χ2v) is 7.79. The third-order valence-corrected chi connectivity index (χ3v) is 4.73. The summed E-state index contributed by atoms with van der Waals surface area (Å²) in [6, 6.07) is 10.3. The molecule has 0 heterocycles. The van der Waals surface area contributed by atoms with Crippen LogP contribution in [0.2, 0.25) is 10.0 Å². The molecule has 0 spiro atoms. The molecule has 0 radical (unpaired) electrons. The molecule has 0 aliphatic carbocycles. The smallest absolute Gasteiger partial charge is 0.276 e. The highest BCUT2D eigenvalue weighted by atomic mass is 79.9. The van der Waals surface area contributed by atoms with Gasteiger partial charge in [-0.1, -0.05) is 43.1 Å². The van der Waals surface area contributed by atoms with Crippen molar-refractivity contribution in [2.45, 2.75) is 19.8 Å². The van der Waals surface area contributed by atoms with Gasteiger partial charge in [0.1, 0.15) is 11.5 Å². The quantitative estimate of drug-likeness (QED) is 0.562. The molecule has 6 nitrogen and oxygen atoms in total. The first-order valence-corrected chi connectivity index (χ1v) is 9.89. The van der Waals surface area contributed by atoms with E-state index >= 15 is 0 Å². The van der Waals surface area contributed by atoms with E-state index in [2.05, 4.69) is 40.6 Å². The molecule has 0 aliphatic heterocycles. The van der Waals surface area contributed by atoms with Crippen LogP contribution in [0.1, 0.15) is 25.3 Å². The Kier molecular flexibility index (Phi) is 8.41. The molecular formula is C19H19BrCl2N2O4. The van der Waals surface area contributed by atoms with E-state index < -0.39 is 11.8 Å². The van der Waals surface area contributed by atoms with Gasteiger partial charge >= 0.3 is 0 Å². The summed E-state index contributed by atoms with van der Waals surface area (Å²) in [6.45, 7) is 3.58. The standard InChI is InChI=1S/C19H19BrCl2N2O4/c1-11(2)12-3-5-16(14(20)7-12)27-9-18(25)23-24-19(26)10-28-17-6-4-13(21)8-15(17)22/h3-8,11H,9-10H2,1-2H3,(H,23,25)(H,24,26). The van der Waals surface area contributed by atoms with Gasteiger partial charge in [-0.3, -0.25) is 20.4 Å². The lowest BCUT2D eigenvalue weighted by Gasteiger charge is -2.12. The van der Waals surface area contributed by atoms with Gasteiger partial charge in [-0.25, -0.2) is 0 Å². The van der Waals surface area contributed by atoms with E-state index in [-0.39, 0.29) is 18.2 Å². The molecule has 2 amide bonds. The Hall–Kier alpha value is -1.96. The van der Waals surface area contributed by atoms with Crippen LogP contribution in [0.5, 0.6) is 11.5 Å². The number of hydrazine groups is 1. The number of amides is 2. The van der Waals surface area contributed by atoms with Crippen LogP contribution in [0.4, 0.5) is 0 Å². The summed E-state index contributed by atoms with van der Waals surface area (Å²) in [5.41, 5.74) is 5.63. The van der Waals surface area contributed by atoms with Crippen molar-refractivity contribution in [1.82, 2.24) is 10.9 Å². The van der Waals surface area contributed by atoms with Crippen molar-refractivity contribution in [2.24, 2.45) is 0 Å². The topological polar surface area (TPSA) is 76.7 Å². The number of carbonyl (C=O) groups excluding carboxylic acids is 2. The fourth-order valence-corrected chi connectivity index (χ4v) is 3.06. The lowest BCUT2D eigenvalue weighted by molar-refractivity contribution is -0.131. The zero-order valence-electron chi connectivity index (χ0n) is 15.2. The highest BCUT2D eigenvalue weighted by molar-refractivity contribution is 9.10. The fraction of sp³-hybridized carbons (Fsp3) is 0.263. The van der Waals surface area contributed by atoms with E-state index in [9.17, 15) is 9.59 Å². The SMILES string of the molecule is CC(C)c1ccc(OCC(=O)NNC(=O)COc2ccc(Cl)cc2Cl)c(Br)c1. The Bertz CT molecular complexity index is 862. The molecule has 2 aromatic rings. The average molecular weight is 490 g/mol. The minimum atomic E-state index is -0.554. The molecular weight excluding hydrogens is 471 g/mol. The van der Waals surface area contributed by atoms with E-state index in [0.717, 1.165) is 10.0 Å². The van der Waals surface area contributed by atoms with Gasteiger partial charge in [0.15, 0.2) is 13.2 Å². The number of hydrogen-bond donors (Lipinski definition) is 2. The highest BCUT2D eigenvalue weighted by Gasteiger charge is 2.10. The predicted octanol–water partition coefficient (Wildman–Crippen LogP) is 4.48. The van der Waals surface area contributed by atoms with Crippen LogP contribution in [0.25, 0.3) is 0 Å². The molecule has 2 aromatic carbocycles. The molecule has 0 atom stereocenters. The van der Waals surface area contributed by atoms with Crippen molar-refractivity contribution < 1.29 is 19.1 Å². The van der Waals surface area contributed by atoms with Crippen molar-refractivity contribution in [2.75, 3.05) is 13.2 Å². The maximum atomic E-state index is 11.8. The number of nitrogens with one attached hydrogen (secondary N) is 2. The molecule has 0 saturated heterocycles. The van der Waals surface area contributed by atoms with E-state index in [0.29, 0.717) is 22.4 Å². The summed E-state index contributed by atoms with van der Waals surface area (Å²) in [5, 5.41) is 0.742. The van der Waals surface area contributed by atoms with Crippen LogP contribution < -0.4 is 20.3 Å². The lowest BCUT2D eigenvalue weighted by Crippen LogP contribution is -2.45. The summed E-state index contributed by atoms with van der Waals surface area (Å²) < 4.78 is 11.5. The molecule has 0 aromatic heterocycles. The maximum Gasteiger partial charge on any atom is 0.276 e. The zero-order valence-corrected chi connectivity index (χ0v) is 18.3. The molecule has 0 saturated carbocycles. The van der Waals surface area contributed by atoms with Gasteiger partial charge in [0.25, 0.3) is 11.8 Å². The average Bonchev–Trinajstić information content (AvgIpc) is 2.64. The normalized spacial score (nSPS) is 10.5. The molecule has 28 heavy (non-hydrogen) atoms. The zero-order chi connectivity index (χ0) is 20.7. The Morgan fingerprint density at radius 3 is 2.07 bits per heavy atom. The van der Waals surface area contributed by atoms with Crippen molar-refractivity contribution in [1.29, 1.82) is 0 Å². The summed E-state index contributed by atoms with van der Waals surface area (Å²) in [4.78, 5) is 23.6. The summed E-state index contributed by atoms with van der Waals surface area (Å²) >= 11 is 15.2. The van der Waals surface area contributed by atoms with E-state index in [1.165, 1.54) is 6.07 Å². The number of carbonyl (C=O) groups is 2. The van der Waals surface area contributed by atoms with Crippen molar-refractivity contribution >= 4 is 50.9 Å². The molecule has 9 heteroatoms. The van der Waals surface area contributed by atoms with Crippen LogP contribution in [0, 0.1) is 0 Å².